The highest BCUT2D eigenvalue weighted by Gasteiger charge is 2.59. The van der Waals surface area contributed by atoms with Crippen LogP contribution in [0.15, 0.2) is 23.8 Å². The van der Waals surface area contributed by atoms with Gasteiger partial charge in [0.1, 0.15) is 17.2 Å². The summed E-state index contributed by atoms with van der Waals surface area (Å²) in [5.74, 6) is -4.40. The van der Waals surface area contributed by atoms with Gasteiger partial charge in [-0.1, -0.05) is 11.6 Å². The molecule has 0 radical (unpaired) electrons. The fraction of sp³-hybridized carbons (Fsp3) is 0.455. The lowest BCUT2D eigenvalue weighted by atomic mass is 9.57. The number of imide groups is 2. The van der Waals surface area contributed by atoms with Gasteiger partial charge in [0.05, 0.1) is 37.9 Å². The number of fused-ring (bicyclic) bond motifs is 4. The van der Waals surface area contributed by atoms with Crippen LogP contribution in [0.2, 0.25) is 0 Å². The standard InChI is InChI=1S/C22H22N2O7/c1-30-8-5-13(25)18(14(6-8)31-2)16-9-3-4-10-15(21(28)23-19(10)26)11(9)7-12-17(16)22(29)24-20(12)27/h3,5-6,10-12,15-17,25H,4,7H2,1-2H3,(H,23,26,28)(H,24,27,29)/t10-,11+,12+,15-,16-,17+/m0/s1. The fourth-order valence-corrected chi connectivity index (χ4v) is 5.92. The zero-order valence-corrected chi connectivity index (χ0v) is 17.0. The SMILES string of the molecule is COc1cc(O)c([C@H]2C3=CC[C@@H]4C(=O)NC(=O)[C@@H]4[C@@H]3C[C@H]3C(=O)NC(=O)[C@@H]23)c(OC)c1. The van der Waals surface area contributed by atoms with Crippen molar-refractivity contribution in [2.24, 2.45) is 29.6 Å². The molecule has 162 valence electrons. The predicted molar refractivity (Wildman–Crippen MR) is 105 cm³/mol. The van der Waals surface area contributed by atoms with E-state index in [0.29, 0.717) is 29.9 Å². The Balaban J connectivity index is 1.70. The van der Waals surface area contributed by atoms with Gasteiger partial charge in [0, 0.05) is 23.6 Å². The Bertz CT molecular complexity index is 1060. The minimum Gasteiger partial charge on any atom is -0.507 e. The van der Waals surface area contributed by atoms with E-state index >= 15 is 0 Å². The highest BCUT2D eigenvalue weighted by Crippen LogP contribution is 2.58. The van der Waals surface area contributed by atoms with Crippen molar-refractivity contribution >= 4 is 23.6 Å². The number of carbonyl (C=O) groups is 4. The molecule has 31 heavy (non-hydrogen) atoms. The van der Waals surface area contributed by atoms with Crippen molar-refractivity contribution < 1.29 is 33.8 Å². The Morgan fingerprint density at radius 3 is 2.23 bits per heavy atom. The molecule has 2 saturated heterocycles. The molecular weight excluding hydrogens is 404 g/mol. The summed E-state index contributed by atoms with van der Waals surface area (Å²) in [7, 11) is 2.91. The second-order valence-electron chi connectivity index (χ2n) is 8.49. The summed E-state index contributed by atoms with van der Waals surface area (Å²) in [6.45, 7) is 0. The molecule has 4 amide bonds. The molecule has 0 spiro atoms. The van der Waals surface area contributed by atoms with E-state index in [-0.39, 0.29) is 23.5 Å². The van der Waals surface area contributed by atoms with E-state index in [2.05, 4.69) is 10.6 Å². The van der Waals surface area contributed by atoms with Gasteiger partial charge >= 0.3 is 0 Å². The van der Waals surface area contributed by atoms with Gasteiger partial charge in [-0.25, -0.2) is 0 Å². The molecule has 1 aromatic carbocycles. The van der Waals surface area contributed by atoms with Crippen LogP contribution in [-0.4, -0.2) is 43.0 Å². The van der Waals surface area contributed by atoms with E-state index in [9.17, 15) is 24.3 Å². The number of aromatic hydroxyl groups is 1. The van der Waals surface area contributed by atoms with Crippen LogP contribution in [0.4, 0.5) is 0 Å². The van der Waals surface area contributed by atoms with Crippen molar-refractivity contribution in [1.29, 1.82) is 0 Å². The predicted octanol–water partition coefficient (Wildman–Crippen LogP) is 0.621. The zero-order valence-electron chi connectivity index (χ0n) is 17.0. The van der Waals surface area contributed by atoms with Gasteiger partial charge in [0.2, 0.25) is 23.6 Å². The maximum atomic E-state index is 12.8. The van der Waals surface area contributed by atoms with E-state index in [1.165, 1.54) is 20.3 Å². The van der Waals surface area contributed by atoms with Gasteiger partial charge in [-0.15, -0.1) is 0 Å². The van der Waals surface area contributed by atoms with Crippen molar-refractivity contribution in [1.82, 2.24) is 10.6 Å². The lowest BCUT2D eigenvalue weighted by molar-refractivity contribution is -0.128. The number of ether oxygens (including phenoxy) is 2. The molecule has 0 bridgehead atoms. The molecule has 2 aliphatic heterocycles. The van der Waals surface area contributed by atoms with Crippen LogP contribution < -0.4 is 20.1 Å². The first-order valence-corrected chi connectivity index (χ1v) is 10.2. The smallest absolute Gasteiger partial charge is 0.231 e. The van der Waals surface area contributed by atoms with Crippen LogP contribution in [0.3, 0.4) is 0 Å². The number of carbonyl (C=O) groups excluding carboxylic acids is 4. The largest absolute Gasteiger partial charge is 0.507 e. The lowest BCUT2D eigenvalue weighted by Crippen LogP contribution is -2.43. The van der Waals surface area contributed by atoms with Gasteiger partial charge in [0.15, 0.2) is 0 Å². The highest BCUT2D eigenvalue weighted by molar-refractivity contribution is 6.07. The van der Waals surface area contributed by atoms with Gasteiger partial charge in [-0.05, 0) is 18.8 Å². The van der Waals surface area contributed by atoms with Crippen molar-refractivity contribution in [3.05, 3.63) is 29.3 Å². The summed E-state index contributed by atoms with van der Waals surface area (Å²) in [6, 6.07) is 3.05. The van der Waals surface area contributed by atoms with Crippen LogP contribution >= 0.6 is 0 Å². The summed E-state index contributed by atoms with van der Waals surface area (Å²) >= 11 is 0. The van der Waals surface area contributed by atoms with Crippen molar-refractivity contribution in [2.45, 2.75) is 18.8 Å². The third kappa shape index (κ3) is 2.68. The number of hydrogen-bond donors (Lipinski definition) is 3. The molecule has 4 aliphatic rings. The second kappa shape index (κ2) is 6.83. The number of amides is 4. The Morgan fingerprint density at radius 2 is 1.55 bits per heavy atom. The third-order valence-electron chi connectivity index (χ3n) is 7.19. The molecule has 2 heterocycles. The maximum Gasteiger partial charge on any atom is 0.231 e. The van der Waals surface area contributed by atoms with Crippen LogP contribution in [0.5, 0.6) is 17.2 Å². The first-order valence-electron chi connectivity index (χ1n) is 10.2. The van der Waals surface area contributed by atoms with Crippen LogP contribution in [0.25, 0.3) is 0 Å². The van der Waals surface area contributed by atoms with E-state index in [1.54, 1.807) is 6.07 Å². The van der Waals surface area contributed by atoms with E-state index in [1.807, 2.05) is 6.08 Å². The first kappa shape index (κ1) is 19.6. The maximum absolute atomic E-state index is 12.8. The number of rotatable bonds is 3. The quantitative estimate of drug-likeness (QED) is 0.477. The normalized spacial score (nSPS) is 33.7. The average molecular weight is 426 g/mol. The molecule has 3 N–H and O–H groups in total. The number of phenolic OH excluding ortho intramolecular Hbond substituents is 1. The number of phenols is 1. The van der Waals surface area contributed by atoms with Gasteiger partial charge in [-0.2, -0.15) is 0 Å². The minimum atomic E-state index is -0.736. The zero-order chi connectivity index (χ0) is 22.0. The molecule has 6 atom stereocenters. The molecule has 1 aromatic rings. The topological polar surface area (TPSA) is 131 Å². The van der Waals surface area contributed by atoms with Gasteiger partial charge < -0.3 is 14.6 Å². The molecule has 1 saturated carbocycles. The van der Waals surface area contributed by atoms with Gasteiger partial charge in [0.25, 0.3) is 0 Å². The number of methoxy groups -OCH3 is 2. The van der Waals surface area contributed by atoms with Crippen molar-refractivity contribution in [3.63, 3.8) is 0 Å². The average Bonchev–Trinajstić information content (AvgIpc) is 3.20. The number of benzene rings is 1. The second-order valence-corrected chi connectivity index (χ2v) is 8.49. The molecule has 5 rings (SSSR count). The molecule has 9 nitrogen and oxygen atoms in total. The Morgan fingerprint density at radius 1 is 0.871 bits per heavy atom. The number of hydrogen-bond acceptors (Lipinski definition) is 7. The summed E-state index contributed by atoms with van der Waals surface area (Å²) in [4.78, 5) is 50.3. The number of allylic oxidation sites excluding steroid dienone is 2. The molecule has 2 aliphatic carbocycles. The molecule has 9 heteroatoms. The van der Waals surface area contributed by atoms with Crippen molar-refractivity contribution in [2.75, 3.05) is 14.2 Å². The van der Waals surface area contributed by atoms with Crippen molar-refractivity contribution in [3.8, 4) is 17.2 Å². The minimum absolute atomic E-state index is 0.122. The number of nitrogens with one attached hydrogen (secondary N) is 2. The Kier molecular flexibility index (Phi) is 4.32. The van der Waals surface area contributed by atoms with E-state index in [4.69, 9.17) is 9.47 Å². The lowest BCUT2D eigenvalue weighted by Gasteiger charge is -2.44. The van der Waals surface area contributed by atoms with Crippen LogP contribution in [-0.2, 0) is 19.2 Å². The summed E-state index contributed by atoms with van der Waals surface area (Å²) in [5.41, 5.74) is 1.17. The monoisotopic (exact) mass is 426 g/mol. The summed E-state index contributed by atoms with van der Waals surface area (Å²) in [5, 5.41) is 15.7. The molecule has 0 aromatic heterocycles. The van der Waals surface area contributed by atoms with Gasteiger partial charge in [-0.3, -0.25) is 29.8 Å². The summed E-state index contributed by atoms with van der Waals surface area (Å²) in [6.07, 6.45) is 2.55. The molecular formula is C22H22N2O7. The summed E-state index contributed by atoms with van der Waals surface area (Å²) < 4.78 is 10.7. The van der Waals surface area contributed by atoms with E-state index < -0.39 is 41.4 Å². The highest BCUT2D eigenvalue weighted by atomic mass is 16.5. The first-order chi connectivity index (χ1) is 14.8. The molecule has 0 unspecified atom stereocenters. The fourth-order valence-electron chi connectivity index (χ4n) is 5.92. The van der Waals surface area contributed by atoms with Crippen LogP contribution in [0, 0.1) is 29.6 Å². The Hall–Kier alpha value is -3.36. The van der Waals surface area contributed by atoms with E-state index in [0.717, 1.165) is 5.57 Å². The van der Waals surface area contributed by atoms with Crippen LogP contribution in [0.1, 0.15) is 24.3 Å². The molecule has 3 fully saturated rings. The third-order valence-corrected chi connectivity index (χ3v) is 7.19. The Labute approximate surface area is 177 Å².